The first-order valence-corrected chi connectivity index (χ1v) is 10.7. The van der Waals surface area contributed by atoms with Gasteiger partial charge in [0.05, 0.1) is 30.7 Å². The first-order valence-electron chi connectivity index (χ1n) is 8.82. The molecule has 0 saturated heterocycles. The second-order valence-corrected chi connectivity index (χ2v) is 9.16. The minimum atomic E-state index is -3.51. The number of amides is 1. The molecule has 3 rings (SSSR count). The summed E-state index contributed by atoms with van der Waals surface area (Å²) in [5, 5.41) is 3.02. The maximum absolute atomic E-state index is 13.0. The molecule has 1 aliphatic rings. The van der Waals surface area contributed by atoms with E-state index < -0.39 is 15.6 Å². The van der Waals surface area contributed by atoms with Gasteiger partial charge >= 0.3 is 0 Å². The van der Waals surface area contributed by atoms with Crippen molar-refractivity contribution < 1.29 is 22.7 Å². The fourth-order valence-corrected chi connectivity index (χ4v) is 3.87. The van der Waals surface area contributed by atoms with Crippen molar-refractivity contribution in [3.63, 3.8) is 0 Å². The van der Waals surface area contributed by atoms with Crippen LogP contribution in [0.5, 0.6) is 11.5 Å². The molecular weight excluding hydrogens is 380 g/mol. The van der Waals surface area contributed by atoms with E-state index in [1.54, 1.807) is 37.4 Å². The monoisotopic (exact) mass is 404 g/mol. The van der Waals surface area contributed by atoms with Crippen LogP contribution in [0.4, 0.5) is 5.69 Å². The molecule has 0 saturated carbocycles. The number of carbonyl (C=O) groups excluding carboxylic acids is 1. The zero-order chi connectivity index (χ0) is 20.5. The second kappa shape index (κ2) is 7.35. The molecule has 28 heavy (non-hydrogen) atoms. The summed E-state index contributed by atoms with van der Waals surface area (Å²) >= 11 is 0. The Morgan fingerprint density at radius 3 is 2.61 bits per heavy atom. The van der Waals surface area contributed by atoms with Crippen LogP contribution in [0, 0.1) is 0 Å². The van der Waals surface area contributed by atoms with Crippen LogP contribution in [0.3, 0.4) is 0 Å². The number of benzene rings is 2. The molecule has 7 nitrogen and oxygen atoms in total. The zero-order valence-electron chi connectivity index (χ0n) is 16.3. The topological polar surface area (TPSA) is 93.7 Å². The standard InChI is InChI=1S/C20H24N2O5S/c1-20(2)12-17(14-10-9-13(26-3)11-18(14)27-20)21-19(23)15-7-5-6-8-16(15)22-28(4,24)25/h5-11,17,22H,12H2,1-4H3,(H,21,23)/t17-/m1/s1. The first kappa shape index (κ1) is 20.0. The third kappa shape index (κ3) is 4.56. The van der Waals surface area contributed by atoms with E-state index in [0.717, 1.165) is 11.8 Å². The molecule has 1 atom stereocenters. The molecule has 1 amide bonds. The lowest BCUT2D eigenvalue weighted by atomic mass is 9.89. The molecule has 150 valence electrons. The first-order chi connectivity index (χ1) is 13.1. The Labute approximate surface area is 165 Å². The van der Waals surface area contributed by atoms with Crippen molar-refractivity contribution in [3.8, 4) is 11.5 Å². The van der Waals surface area contributed by atoms with Gasteiger partial charge in [-0.05, 0) is 38.1 Å². The molecule has 0 bridgehead atoms. The summed E-state index contributed by atoms with van der Waals surface area (Å²) in [5.41, 5.74) is 0.861. The summed E-state index contributed by atoms with van der Waals surface area (Å²) < 4.78 is 36.9. The number of fused-ring (bicyclic) bond motifs is 1. The van der Waals surface area contributed by atoms with Crippen LogP contribution < -0.4 is 19.5 Å². The van der Waals surface area contributed by atoms with Gasteiger partial charge in [-0.3, -0.25) is 9.52 Å². The summed E-state index contributed by atoms with van der Waals surface area (Å²) in [7, 11) is -1.92. The van der Waals surface area contributed by atoms with Gasteiger partial charge in [-0.15, -0.1) is 0 Å². The zero-order valence-corrected chi connectivity index (χ0v) is 17.1. The van der Waals surface area contributed by atoms with Gasteiger partial charge in [0.15, 0.2) is 0 Å². The normalized spacial score (nSPS) is 17.8. The highest BCUT2D eigenvalue weighted by Crippen LogP contribution is 2.41. The lowest BCUT2D eigenvalue weighted by Crippen LogP contribution is -2.41. The van der Waals surface area contributed by atoms with Crippen molar-refractivity contribution >= 4 is 21.6 Å². The predicted octanol–water partition coefficient (Wildman–Crippen LogP) is 3.10. The Balaban J connectivity index is 1.91. The van der Waals surface area contributed by atoms with Crippen LogP contribution in [0.2, 0.25) is 0 Å². The van der Waals surface area contributed by atoms with Gasteiger partial charge in [0.1, 0.15) is 17.1 Å². The fourth-order valence-electron chi connectivity index (χ4n) is 3.29. The van der Waals surface area contributed by atoms with Crippen molar-refractivity contribution in [2.75, 3.05) is 18.1 Å². The summed E-state index contributed by atoms with van der Waals surface area (Å²) in [6.07, 6.45) is 1.62. The van der Waals surface area contributed by atoms with Crippen LogP contribution in [0.25, 0.3) is 0 Å². The number of carbonyl (C=O) groups is 1. The van der Waals surface area contributed by atoms with Gasteiger partial charge in [0.25, 0.3) is 5.91 Å². The molecule has 0 aromatic heterocycles. The Morgan fingerprint density at radius 1 is 1.21 bits per heavy atom. The van der Waals surface area contributed by atoms with E-state index in [1.807, 2.05) is 26.0 Å². The number of rotatable bonds is 5. The quantitative estimate of drug-likeness (QED) is 0.799. The van der Waals surface area contributed by atoms with Crippen molar-refractivity contribution in [1.82, 2.24) is 5.32 Å². The largest absolute Gasteiger partial charge is 0.497 e. The van der Waals surface area contributed by atoms with E-state index >= 15 is 0 Å². The van der Waals surface area contributed by atoms with Gasteiger partial charge < -0.3 is 14.8 Å². The van der Waals surface area contributed by atoms with Gasteiger partial charge in [-0.25, -0.2) is 8.42 Å². The van der Waals surface area contributed by atoms with E-state index in [1.165, 1.54) is 0 Å². The molecular formula is C20H24N2O5S. The molecule has 2 aromatic carbocycles. The molecule has 0 spiro atoms. The third-order valence-corrected chi connectivity index (χ3v) is 5.04. The van der Waals surface area contributed by atoms with E-state index in [4.69, 9.17) is 9.47 Å². The average Bonchev–Trinajstić information content (AvgIpc) is 2.59. The van der Waals surface area contributed by atoms with Crippen LogP contribution in [-0.4, -0.2) is 33.3 Å². The number of methoxy groups -OCH3 is 1. The number of para-hydroxylation sites is 1. The van der Waals surface area contributed by atoms with Gasteiger partial charge in [-0.2, -0.15) is 0 Å². The van der Waals surface area contributed by atoms with E-state index in [2.05, 4.69) is 10.0 Å². The number of ether oxygens (including phenoxy) is 2. The summed E-state index contributed by atoms with van der Waals surface area (Å²) in [4.78, 5) is 13.0. The SMILES string of the molecule is COc1ccc2c(c1)OC(C)(C)C[C@H]2NC(=O)c1ccccc1NS(C)(=O)=O. The lowest BCUT2D eigenvalue weighted by Gasteiger charge is -2.38. The number of hydrogen-bond acceptors (Lipinski definition) is 5. The van der Waals surface area contributed by atoms with Gasteiger partial charge in [0, 0.05) is 18.1 Å². The van der Waals surface area contributed by atoms with E-state index in [0.29, 0.717) is 17.9 Å². The van der Waals surface area contributed by atoms with Crippen LogP contribution >= 0.6 is 0 Å². The molecule has 8 heteroatoms. The number of nitrogens with one attached hydrogen (secondary N) is 2. The fraction of sp³-hybridized carbons (Fsp3) is 0.350. The van der Waals surface area contributed by atoms with Crippen molar-refractivity contribution in [3.05, 3.63) is 53.6 Å². The molecule has 2 N–H and O–H groups in total. The van der Waals surface area contributed by atoms with Crippen LogP contribution in [0.15, 0.2) is 42.5 Å². The molecule has 0 radical (unpaired) electrons. The smallest absolute Gasteiger partial charge is 0.253 e. The van der Waals surface area contributed by atoms with Gasteiger partial charge in [-0.1, -0.05) is 12.1 Å². The summed E-state index contributed by atoms with van der Waals surface area (Å²) in [6.45, 7) is 3.90. The van der Waals surface area contributed by atoms with Crippen LogP contribution in [0.1, 0.15) is 42.2 Å². The average molecular weight is 404 g/mol. The predicted molar refractivity (Wildman–Crippen MR) is 107 cm³/mol. The van der Waals surface area contributed by atoms with Crippen molar-refractivity contribution in [2.45, 2.75) is 31.9 Å². The number of sulfonamides is 1. The molecule has 1 heterocycles. The highest BCUT2D eigenvalue weighted by Gasteiger charge is 2.35. The number of anilines is 1. The molecule has 2 aromatic rings. The maximum Gasteiger partial charge on any atom is 0.253 e. The Morgan fingerprint density at radius 2 is 1.93 bits per heavy atom. The molecule has 0 unspecified atom stereocenters. The Bertz CT molecular complexity index is 1000. The minimum Gasteiger partial charge on any atom is -0.497 e. The minimum absolute atomic E-state index is 0.240. The molecule has 0 aliphatic carbocycles. The van der Waals surface area contributed by atoms with Gasteiger partial charge in [0.2, 0.25) is 10.0 Å². The van der Waals surface area contributed by atoms with Crippen LogP contribution in [-0.2, 0) is 10.0 Å². The van der Waals surface area contributed by atoms with Crippen molar-refractivity contribution in [2.24, 2.45) is 0 Å². The second-order valence-electron chi connectivity index (χ2n) is 7.42. The lowest BCUT2D eigenvalue weighted by molar-refractivity contribution is 0.0617. The Hall–Kier alpha value is -2.74. The van der Waals surface area contributed by atoms with E-state index in [9.17, 15) is 13.2 Å². The summed E-state index contributed by atoms with van der Waals surface area (Å²) in [6, 6.07) is 11.7. The third-order valence-electron chi connectivity index (χ3n) is 4.45. The van der Waals surface area contributed by atoms with Crippen molar-refractivity contribution in [1.29, 1.82) is 0 Å². The highest BCUT2D eigenvalue weighted by atomic mass is 32.2. The maximum atomic E-state index is 13.0. The Kier molecular flexibility index (Phi) is 5.25. The molecule has 1 aliphatic heterocycles. The summed E-state index contributed by atoms with van der Waals surface area (Å²) in [5.74, 6) is 0.962. The van der Waals surface area contributed by atoms with E-state index in [-0.39, 0.29) is 23.2 Å². The molecule has 0 fully saturated rings. The number of hydrogen-bond donors (Lipinski definition) is 2. The highest BCUT2D eigenvalue weighted by molar-refractivity contribution is 7.92.